The first kappa shape index (κ1) is 10.0. The third-order valence-electron chi connectivity index (χ3n) is 4.12. The van der Waals surface area contributed by atoms with Gasteiger partial charge in [-0.05, 0) is 44.6 Å². The Morgan fingerprint density at radius 2 is 1.92 bits per heavy atom. The lowest BCUT2D eigenvalue weighted by Crippen LogP contribution is -2.49. The summed E-state index contributed by atoms with van der Waals surface area (Å²) in [5.74, 6) is 0.785. The number of hydrogen-bond acceptors (Lipinski definition) is 1. The fourth-order valence-electron chi connectivity index (χ4n) is 3.12. The Morgan fingerprint density at radius 1 is 1.33 bits per heavy atom. The zero-order valence-electron chi connectivity index (χ0n) is 9.20. The minimum atomic E-state index is 0.329. The van der Waals surface area contributed by atoms with Crippen molar-refractivity contribution in [2.75, 3.05) is 6.54 Å². The molecule has 1 aliphatic rings. The normalized spacial score (nSPS) is 34.5. The van der Waals surface area contributed by atoms with E-state index < -0.39 is 0 Å². The molecule has 1 rings (SSSR count). The molecule has 1 unspecified atom stereocenters. The van der Waals surface area contributed by atoms with Crippen LogP contribution in [0.3, 0.4) is 0 Å². The molecular weight excluding hydrogens is 146 g/mol. The number of hydrogen-bond donors (Lipinski definition) is 1. The lowest BCUT2D eigenvalue weighted by Gasteiger charge is -2.44. The Hall–Kier alpha value is -0.0400. The van der Waals surface area contributed by atoms with Crippen molar-refractivity contribution in [3.05, 3.63) is 0 Å². The van der Waals surface area contributed by atoms with Crippen LogP contribution in [-0.2, 0) is 0 Å². The molecule has 0 aliphatic carbocycles. The van der Waals surface area contributed by atoms with Gasteiger partial charge in [-0.2, -0.15) is 0 Å². The largest absolute Gasteiger partial charge is 0.311 e. The van der Waals surface area contributed by atoms with Gasteiger partial charge in [-0.25, -0.2) is 0 Å². The summed E-state index contributed by atoms with van der Waals surface area (Å²) in [5, 5.41) is 3.62. The first-order valence-corrected chi connectivity index (χ1v) is 5.21. The molecule has 0 aromatic heterocycles. The lowest BCUT2D eigenvalue weighted by molar-refractivity contribution is 0.0967. The molecular formula is C11H23N. The second kappa shape index (κ2) is 3.02. The highest BCUT2D eigenvalue weighted by atomic mass is 15.0. The van der Waals surface area contributed by atoms with E-state index in [2.05, 4.69) is 39.9 Å². The molecule has 1 fully saturated rings. The van der Waals surface area contributed by atoms with Crippen LogP contribution in [0.1, 0.15) is 47.5 Å². The molecule has 1 saturated heterocycles. The van der Waals surface area contributed by atoms with E-state index in [1.165, 1.54) is 19.4 Å². The molecule has 0 amide bonds. The van der Waals surface area contributed by atoms with Crippen molar-refractivity contribution >= 4 is 0 Å². The third kappa shape index (κ3) is 1.19. The maximum absolute atomic E-state index is 3.62. The van der Waals surface area contributed by atoms with Crippen molar-refractivity contribution in [3.8, 4) is 0 Å². The van der Waals surface area contributed by atoms with Crippen LogP contribution < -0.4 is 5.32 Å². The van der Waals surface area contributed by atoms with E-state index in [1.54, 1.807) is 0 Å². The second-order valence-corrected chi connectivity index (χ2v) is 4.97. The summed E-state index contributed by atoms with van der Waals surface area (Å²) in [6.07, 6.45) is 2.64. The molecule has 0 bridgehead atoms. The van der Waals surface area contributed by atoms with Crippen molar-refractivity contribution in [3.63, 3.8) is 0 Å². The summed E-state index contributed by atoms with van der Waals surface area (Å²) in [7, 11) is 0. The third-order valence-corrected chi connectivity index (χ3v) is 4.12. The van der Waals surface area contributed by atoms with Gasteiger partial charge in [0.1, 0.15) is 0 Å². The summed E-state index contributed by atoms with van der Waals surface area (Å²) in [6, 6.07) is 0. The maximum atomic E-state index is 3.62. The second-order valence-electron chi connectivity index (χ2n) is 4.97. The molecule has 0 saturated carbocycles. The minimum absolute atomic E-state index is 0.329. The molecule has 1 heterocycles. The highest BCUT2D eigenvalue weighted by molar-refractivity contribution is 5.04. The van der Waals surface area contributed by atoms with E-state index in [0.717, 1.165) is 5.92 Å². The summed E-state index contributed by atoms with van der Waals surface area (Å²) in [5.41, 5.74) is 0.850. The van der Waals surface area contributed by atoms with Gasteiger partial charge in [-0.3, -0.25) is 0 Å². The van der Waals surface area contributed by atoms with Gasteiger partial charge >= 0.3 is 0 Å². The first-order valence-electron chi connectivity index (χ1n) is 5.21. The predicted octanol–water partition coefficient (Wildman–Crippen LogP) is 2.81. The van der Waals surface area contributed by atoms with E-state index in [-0.39, 0.29) is 0 Å². The van der Waals surface area contributed by atoms with Crippen LogP contribution in [0.5, 0.6) is 0 Å². The van der Waals surface area contributed by atoms with Crippen LogP contribution >= 0.6 is 0 Å². The number of rotatable bonds is 2. The van der Waals surface area contributed by atoms with Crippen LogP contribution in [0.25, 0.3) is 0 Å². The smallest absolute Gasteiger partial charge is 0.0184 e. The molecule has 0 spiro atoms. The van der Waals surface area contributed by atoms with E-state index >= 15 is 0 Å². The molecule has 1 nitrogen and oxygen atoms in total. The van der Waals surface area contributed by atoms with E-state index in [9.17, 15) is 0 Å². The van der Waals surface area contributed by atoms with E-state index in [0.29, 0.717) is 11.0 Å². The zero-order valence-corrected chi connectivity index (χ0v) is 9.20. The Labute approximate surface area is 76.9 Å². The quantitative estimate of drug-likeness (QED) is 0.670. The van der Waals surface area contributed by atoms with Crippen LogP contribution in [0.4, 0.5) is 0 Å². The van der Waals surface area contributed by atoms with Crippen molar-refractivity contribution in [1.29, 1.82) is 0 Å². The Morgan fingerprint density at radius 3 is 2.08 bits per heavy atom. The molecule has 1 N–H and O–H groups in total. The van der Waals surface area contributed by atoms with Gasteiger partial charge in [0.2, 0.25) is 0 Å². The highest BCUT2D eigenvalue weighted by Gasteiger charge is 2.48. The molecule has 1 atom stereocenters. The van der Waals surface area contributed by atoms with Crippen LogP contribution in [0.2, 0.25) is 0 Å². The Balaban J connectivity index is 2.92. The van der Waals surface area contributed by atoms with Gasteiger partial charge < -0.3 is 5.32 Å². The first-order chi connectivity index (χ1) is 5.46. The summed E-state index contributed by atoms with van der Waals surface area (Å²) >= 11 is 0. The predicted molar refractivity (Wildman–Crippen MR) is 54.3 cm³/mol. The molecule has 0 aromatic rings. The van der Waals surface area contributed by atoms with Gasteiger partial charge in [-0.1, -0.05) is 20.8 Å². The lowest BCUT2D eigenvalue weighted by atomic mass is 9.63. The molecule has 0 radical (unpaired) electrons. The molecule has 1 aliphatic heterocycles. The molecule has 1 heteroatoms. The SMILES string of the molecule is CCC1(C(C)C)CCNC1(C)C. The Kier molecular flexibility index (Phi) is 2.53. The highest BCUT2D eigenvalue weighted by Crippen LogP contribution is 2.47. The topological polar surface area (TPSA) is 12.0 Å². The monoisotopic (exact) mass is 169 g/mol. The van der Waals surface area contributed by atoms with Gasteiger partial charge in [0.05, 0.1) is 0 Å². The average Bonchev–Trinajstić information content (AvgIpc) is 2.25. The summed E-state index contributed by atoms with van der Waals surface area (Å²) < 4.78 is 0. The van der Waals surface area contributed by atoms with Crippen molar-refractivity contribution < 1.29 is 0 Å². The van der Waals surface area contributed by atoms with Crippen molar-refractivity contribution in [2.24, 2.45) is 11.3 Å². The van der Waals surface area contributed by atoms with Crippen molar-refractivity contribution in [2.45, 2.75) is 53.0 Å². The van der Waals surface area contributed by atoms with Crippen molar-refractivity contribution in [1.82, 2.24) is 5.32 Å². The minimum Gasteiger partial charge on any atom is -0.311 e. The zero-order chi connectivity index (χ0) is 9.41. The number of nitrogens with one attached hydrogen (secondary N) is 1. The van der Waals surface area contributed by atoms with E-state index in [1.807, 2.05) is 0 Å². The summed E-state index contributed by atoms with van der Waals surface area (Å²) in [6.45, 7) is 12.9. The molecule has 0 aromatic carbocycles. The summed E-state index contributed by atoms with van der Waals surface area (Å²) in [4.78, 5) is 0. The van der Waals surface area contributed by atoms with Gasteiger partial charge in [-0.15, -0.1) is 0 Å². The molecule has 12 heavy (non-hydrogen) atoms. The standard InChI is InChI=1S/C11H23N/c1-6-11(9(2)3)7-8-12-10(11,4)5/h9,12H,6-8H2,1-5H3. The van der Waals surface area contributed by atoms with E-state index in [4.69, 9.17) is 0 Å². The fourth-order valence-corrected chi connectivity index (χ4v) is 3.12. The van der Waals surface area contributed by atoms with Crippen LogP contribution in [0, 0.1) is 11.3 Å². The van der Waals surface area contributed by atoms with Gasteiger partial charge in [0.15, 0.2) is 0 Å². The van der Waals surface area contributed by atoms with Crippen LogP contribution in [-0.4, -0.2) is 12.1 Å². The van der Waals surface area contributed by atoms with Gasteiger partial charge in [0.25, 0.3) is 0 Å². The fraction of sp³-hybridized carbons (Fsp3) is 1.00. The molecule has 72 valence electrons. The maximum Gasteiger partial charge on any atom is 0.0184 e. The average molecular weight is 169 g/mol. The van der Waals surface area contributed by atoms with Gasteiger partial charge in [0, 0.05) is 5.54 Å². The Bertz CT molecular complexity index is 160. The van der Waals surface area contributed by atoms with Crippen LogP contribution in [0.15, 0.2) is 0 Å².